The topological polar surface area (TPSA) is 70.0 Å². The van der Waals surface area contributed by atoms with Crippen molar-refractivity contribution in [3.8, 4) is 21.9 Å². The van der Waals surface area contributed by atoms with Crippen molar-refractivity contribution in [2.24, 2.45) is 0 Å². The molecule has 5 rings (SSSR count). The molecule has 5 aromatic rings. The molecule has 2 aromatic carbocycles. The van der Waals surface area contributed by atoms with Gasteiger partial charge in [0, 0.05) is 34.6 Å². The van der Waals surface area contributed by atoms with Crippen LogP contribution in [0.15, 0.2) is 77.0 Å². The van der Waals surface area contributed by atoms with E-state index in [2.05, 4.69) is 16.3 Å². The van der Waals surface area contributed by atoms with Gasteiger partial charge in [0.15, 0.2) is 0 Å². The first-order valence-electron chi connectivity index (χ1n) is 13.3. The van der Waals surface area contributed by atoms with Crippen LogP contribution in [0.2, 0.25) is 0 Å². The van der Waals surface area contributed by atoms with Gasteiger partial charge in [-0.15, -0.1) is 22.7 Å². The largest absolute Gasteiger partial charge is 0.497 e. The van der Waals surface area contributed by atoms with E-state index in [1.807, 2.05) is 66.2 Å². The number of ether oxygens (including phenoxy) is 3. The van der Waals surface area contributed by atoms with Crippen LogP contribution in [0.5, 0.6) is 11.5 Å². The number of hydrogen-bond donors (Lipinski definition) is 0. The van der Waals surface area contributed by atoms with Gasteiger partial charge in [0.1, 0.15) is 21.9 Å². The monoisotopic (exact) mass is 588 g/mol. The number of aromatic nitrogens is 1. The van der Waals surface area contributed by atoms with Gasteiger partial charge in [-0.25, -0.2) is 4.79 Å². The van der Waals surface area contributed by atoms with Gasteiger partial charge in [-0.1, -0.05) is 24.3 Å². The van der Waals surface area contributed by atoms with E-state index in [1.165, 1.54) is 4.88 Å². The highest BCUT2D eigenvalue weighted by Crippen LogP contribution is 2.39. The Balaban J connectivity index is 1.74. The number of nitrogens with zero attached hydrogens (tertiary/aromatic N) is 2. The molecule has 0 radical (unpaired) electrons. The minimum absolute atomic E-state index is 0.0236. The second-order valence-corrected chi connectivity index (χ2v) is 11.6. The molecule has 0 saturated heterocycles. The predicted octanol–water partition coefficient (Wildman–Crippen LogP) is 6.67. The minimum atomic E-state index is -0.622. The fourth-order valence-corrected chi connectivity index (χ4v) is 6.98. The highest BCUT2D eigenvalue weighted by atomic mass is 32.1. The maximum Gasteiger partial charge on any atom is 0.343 e. The summed E-state index contributed by atoms with van der Waals surface area (Å²) in [6.07, 6.45) is 1.63. The zero-order chi connectivity index (χ0) is 28.9. The standard InChI is InChI=1S/C32H32N2O5S2/c1-5-39-32(36)26-20-34(17-22-9-6-7-11-27(22)38-4)31-28(29(26)35)25(19-33(2)18-24-10-8-16-40-24)30(41-31)21-12-14-23(37-3)15-13-21/h6-16,20H,5,17-19H2,1-4H3. The number of fused-ring (bicyclic) bond motifs is 1. The second kappa shape index (κ2) is 12.7. The lowest BCUT2D eigenvalue weighted by Crippen LogP contribution is -2.23. The van der Waals surface area contributed by atoms with E-state index in [-0.39, 0.29) is 17.6 Å². The Labute approximate surface area is 247 Å². The van der Waals surface area contributed by atoms with Crippen molar-refractivity contribution in [1.82, 2.24) is 9.47 Å². The van der Waals surface area contributed by atoms with Gasteiger partial charge in [0.25, 0.3) is 0 Å². The Morgan fingerprint density at radius 2 is 1.76 bits per heavy atom. The van der Waals surface area contributed by atoms with Gasteiger partial charge >= 0.3 is 5.97 Å². The Morgan fingerprint density at radius 1 is 0.976 bits per heavy atom. The van der Waals surface area contributed by atoms with Gasteiger partial charge in [0.05, 0.1) is 32.8 Å². The van der Waals surface area contributed by atoms with E-state index in [1.54, 1.807) is 50.0 Å². The lowest BCUT2D eigenvalue weighted by atomic mass is 10.0. The molecular weight excluding hydrogens is 556 g/mol. The van der Waals surface area contributed by atoms with Gasteiger partial charge < -0.3 is 18.8 Å². The summed E-state index contributed by atoms with van der Waals surface area (Å²) >= 11 is 3.26. The van der Waals surface area contributed by atoms with Gasteiger partial charge in [0.2, 0.25) is 5.43 Å². The van der Waals surface area contributed by atoms with Gasteiger partial charge in [-0.2, -0.15) is 0 Å². The Hall–Kier alpha value is -3.92. The van der Waals surface area contributed by atoms with Crippen LogP contribution in [0, 0.1) is 0 Å². The smallest absolute Gasteiger partial charge is 0.343 e. The molecule has 0 atom stereocenters. The summed E-state index contributed by atoms with van der Waals surface area (Å²) in [5.74, 6) is 0.870. The molecule has 0 aliphatic rings. The molecule has 0 amide bonds. The van der Waals surface area contributed by atoms with Crippen LogP contribution in [0.4, 0.5) is 0 Å². The first-order valence-corrected chi connectivity index (χ1v) is 15.0. The number of rotatable bonds is 11. The summed E-state index contributed by atoms with van der Waals surface area (Å²) in [7, 11) is 5.32. The van der Waals surface area contributed by atoms with E-state index in [0.717, 1.165) is 44.4 Å². The molecule has 0 N–H and O–H groups in total. The third kappa shape index (κ3) is 6.07. The van der Waals surface area contributed by atoms with Crippen LogP contribution in [-0.2, 0) is 24.4 Å². The molecule has 0 bridgehead atoms. The maximum atomic E-state index is 14.1. The quantitative estimate of drug-likeness (QED) is 0.161. The van der Waals surface area contributed by atoms with E-state index in [9.17, 15) is 9.59 Å². The summed E-state index contributed by atoms with van der Waals surface area (Å²) in [6, 6.07) is 19.8. The van der Waals surface area contributed by atoms with Crippen molar-refractivity contribution in [2.75, 3.05) is 27.9 Å². The molecule has 7 nitrogen and oxygen atoms in total. The molecule has 212 valence electrons. The third-order valence-electron chi connectivity index (χ3n) is 6.82. The zero-order valence-electron chi connectivity index (χ0n) is 23.5. The number of pyridine rings is 1. The highest BCUT2D eigenvalue weighted by molar-refractivity contribution is 7.22. The minimum Gasteiger partial charge on any atom is -0.497 e. The van der Waals surface area contributed by atoms with Crippen molar-refractivity contribution in [1.29, 1.82) is 0 Å². The van der Waals surface area contributed by atoms with Crippen LogP contribution in [0.25, 0.3) is 20.7 Å². The van der Waals surface area contributed by atoms with Crippen LogP contribution in [0.1, 0.15) is 33.3 Å². The molecule has 3 aromatic heterocycles. The second-order valence-electron chi connectivity index (χ2n) is 9.60. The number of carbonyl (C=O) groups excluding carboxylic acids is 1. The number of para-hydroxylation sites is 1. The third-order valence-corrected chi connectivity index (χ3v) is 9.00. The average molecular weight is 589 g/mol. The first-order chi connectivity index (χ1) is 19.9. The molecule has 0 unspecified atom stereocenters. The van der Waals surface area contributed by atoms with E-state index >= 15 is 0 Å². The Kier molecular flexibility index (Phi) is 8.87. The van der Waals surface area contributed by atoms with Crippen molar-refractivity contribution < 1.29 is 19.0 Å². The molecule has 3 heterocycles. The molecule has 0 saturated carbocycles. The zero-order valence-corrected chi connectivity index (χ0v) is 25.1. The predicted molar refractivity (Wildman–Crippen MR) is 166 cm³/mol. The van der Waals surface area contributed by atoms with Crippen molar-refractivity contribution in [2.45, 2.75) is 26.6 Å². The molecule has 0 aliphatic heterocycles. The number of thiophene rings is 2. The van der Waals surface area contributed by atoms with E-state index in [0.29, 0.717) is 18.5 Å². The van der Waals surface area contributed by atoms with Crippen molar-refractivity contribution in [3.63, 3.8) is 0 Å². The Morgan fingerprint density at radius 3 is 2.44 bits per heavy atom. The van der Waals surface area contributed by atoms with Crippen molar-refractivity contribution >= 4 is 38.9 Å². The molecular formula is C32H32N2O5S2. The fourth-order valence-electron chi connectivity index (χ4n) is 4.91. The number of hydrogen-bond acceptors (Lipinski definition) is 8. The normalized spacial score (nSPS) is 11.2. The van der Waals surface area contributed by atoms with E-state index < -0.39 is 5.97 Å². The molecule has 0 spiro atoms. The molecule has 9 heteroatoms. The van der Waals surface area contributed by atoms with Crippen LogP contribution >= 0.6 is 22.7 Å². The lowest BCUT2D eigenvalue weighted by Gasteiger charge is -2.17. The summed E-state index contributed by atoms with van der Waals surface area (Å²) in [4.78, 5) is 32.3. The number of carbonyl (C=O) groups is 1. The van der Waals surface area contributed by atoms with Gasteiger partial charge in [-0.05, 0) is 66.9 Å². The molecule has 0 aliphatic carbocycles. The van der Waals surface area contributed by atoms with Gasteiger partial charge in [-0.3, -0.25) is 9.69 Å². The van der Waals surface area contributed by atoms with Crippen LogP contribution < -0.4 is 14.9 Å². The molecule has 0 fully saturated rings. The number of methoxy groups -OCH3 is 2. The summed E-state index contributed by atoms with van der Waals surface area (Å²) in [5.41, 5.74) is 2.51. The summed E-state index contributed by atoms with van der Waals surface area (Å²) in [5, 5.41) is 2.60. The van der Waals surface area contributed by atoms with Crippen LogP contribution in [-0.4, -0.2) is 43.3 Å². The van der Waals surface area contributed by atoms with Crippen molar-refractivity contribution in [3.05, 3.63) is 104 Å². The van der Waals surface area contributed by atoms with E-state index in [4.69, 9.17) is 14.2 Å². The SMILES string of the molecule is CCOC(=O)c1cn(Cc2ccccc2OC)c2sc(-c3ccc(OC)cc3)c(CN(C)Cc3cccs3)c2c1=O. The average Bonchev–Trinajstić information content (AvgIpc) is 3.63. The highest BCUT2D eigenvalue weighted by Gasteiger charge is 2.25. The fraction of sp³-hybridized carbons (Fsp3) is 0.250. The molecule has 41 heavy (non-hydrogen) atoms. The summed E-state index contributed by atoms with van der Waals surface area (Å²) in [6.45, 7) is 3.60. The number of benzene rings is 2. The lowest BCUT2D eigenvalue weighted by molar-refractivity contribution is 0.0524. The summed E-state index contributed by atoms with van der Waals surface area (Å²) < 4.78 is 18.3. The Bertz CT molecular complexity index is 1710. The maximum absolute atomic E-state index is 14.1. The first kappa shape index (κ1) is 28.6. The van der Waals surface area contributed by atoms with Crippen LogP contribution in [0.3, 0.4) is 0 Å². The number of esters is 1.